The highest BCUT2D eigenvalue weighted by Gasteiger charge is 2.24. The molecule has 0 aliphatic carbocycles. The quantitative estimate of drug-likeness (QED) is 0.420. The van der Waals surface area contributed by atoms with E-state index in [1.54, 1.807) is 36.4 Å². The van der Waals surface area contributed by atoms with Crippen molar-refractivity contribution in [2.45, 2.75) is 18.9 Å². The molecule has 35 heavy (non-hydrogen) atoms. The van der Waals surface area contributed by atoms with Crippen LogP contribution in [0, 0.1) is 23.0 Å². The second-order valence-electron chi connectivity index (χ2n) is 8.02. The van der Waals surface area contributed by atoms with Gasteiger partial charge in [-0.05, 0) is 48.5 Å². The maximum absolute atomic E-state index is 14.0. The van der Waals surface area contributed by atoms with Crippen LogP contribution in [0.25, 0.3) is 0 Å². The summed E-state index contributed by atoms with van der Waals surface area (Å²) in [6.07, 6.45) is 0.977. The molecule has 0 atom stereocenters. The lowest BCUT2D eigenvalue weighted by Crippen LogP contribution is -2.38. The van der Waals surface area contributed by atoms with E-state index in [0.717, 1.165) is 16.2 Å². The van der Waals surface area contributed by atoms with Gasteiger partial charge in [0, 0.05) is 36.5 Å². The standard InChI is InChI=1S/C26H22BrF2N3O3/c1-34-25-13-17(27)3-5-20(25)26(33)31-22-12-16(15-30)2-6-23(22)32-10-8-19(9-11-32)35-24-7-4-18(28)14-21(24)29/h2-7,12-14,19H,8-11H2,1H3,(H,31,33). The summed E-state index contributed by atoms with van der Waals surface area (Å²) in [7, 11) is 1.49. The van der Waals surface area contributed by atoms with Crippen LogP contribution in [-0.4, -0.2) is 32.2 Å². The Bertz CT molecular complexity index is 1290. The van der Waals surface area contributed by atoms with E-state index in [9.17, 15) is 18.8 Å². The molecular weight excluding hydrogens is 520 g/mol. The predicted octanol–water partition coefficient (Wildman–Crippen LogP) is 5.91. The summed E-state index contributed by atoms with van der Waals surface area (Å²) in [5.41, 5.74) is 2.04. The van der Waals surface area contributed by atoms with Gasteiger partial charge in [-0.15, -0.1) is 0 Å². The zero-order chi connectivity index (χ0) is 24.9. The van der Waals surface area contributed by atoms with Gasteiger partial charge in [0.2, 0.25) is 0 Å². The molecule has 1 amide bonds. The molecule has 1 aliphatic heterocycles. The Balaban J connectivity index is 1.50. The van der Waals surface area contributed by atoms with E-state index >= 15 is 0 Å². The SMILES string of the molecule is COc1cc(Br)ccc1C(=O)Nc1cc(C#N)ccc1N1CCC(Oc2ccc(F)cc2F)CC1. The van der Waals surface area contributed by atoms with Crippen molar-refractivity contribution in [3.63, 3.8) is 0 Å². The number of rotatable bonds is 6. The minimum Gasteiger partial charge on any atom is -0.496 e. The summed E-state index contributed by atoms with van der Waals surface area (Å²) in [6, 6.07) is 15.6. The van der Waals surface area contributed by atoms with Crippen molar-refractivity contribution in [2.75, 3.05) is 30.4 Å². The fraction of sp³-hybridized carbons (Fsp3) is 0.231. The van der Waals surface area contributed by atoms with Gasteiger partial charge in [-0.2, -0.15) is 5.26 Å². The first kappa shape index (κ1) is 24.5. The molecule has 1 heterocycles. The van der Waals surface area contributed by atoms with Gasteiger partial charge in [0.05, 0.1) is 35.7 Å². The third-order valence-corrected chi connectivity index (χ3v) is 6.25. The zero-order valence-corrected chi connectivity index (χ0v) is 20.4. The van der Waals surface area contributed by atoms with E-state index in [4.69, 9.17) is 9.47 Å². The third kappa shape index (κ3) is 5.72. The highest BCUT2D eigenvalue weighted by molar-refractivity contribution is 9.10. The van der Waals surface area contributed by atoms with Crippen molar-refractivity contribution in [3.8, 4) is 17.6 Å². The second kappa shape index (κ2) is 10.7. The number of hydrogen-bond acceptors (Lipinski definition) is 5. The van der Waals surface area contributed by atoms with Crippen molar-refractivity contribution in [2.24, 2.45) is 0 Å². The first-order valence-electron chi connectivity index (χ1n) is 10.9. The highest BCUT2D eigenvalue weighted by Crippen LogP contribution is 2.32. The van der Waals surface area contributed by atoms with Crippen LogP contribution in [0.1, 0.15) is 28.8 Å². The fourth-order valence-electron chi connectivity index (χ4n) is 3.99. The Morgan fingerprint density at radius 3 is 2.54 bits per heavy atom. The zero-order valence-electron chi connectivity index (χ0n) is 18.9. The van der Waals surface area contributed by atoms with Crippen LogP contribution in [-0.2, 0) is 0 Å². The number of hydrogen-bond donors (Lipinski definition) is 1. The molecule has 3 aromatic carbocycles. The number of nitrogens with one attached hydrogen (secondary N) is 1. The molecule has 0 radical (unpaired) electrons. The van der Waals surface area contributed by atoms with Gasteiger partial charge in [-0.3, -0.25) is 4.79 Å². The van der Waals surface area contributed by atoms with Crippen molar-refractivity contribution < 1.29 is 23.0 Å². The average molecular weight is 542 g/mol. The summed E-state index contributed by atoms with van der Waals surface area (Å²) in [5, 5.41) is 12.3. The molecular formula is C26H22BrF2N3O3. The second-order valence-corrected chi connectivity index (χ2v) is 8.94. The van der Waals surface area contributed by atoms with Gasteiger partial charge in [0.1, 0.15) is 17.7 Å². The molecule has 6 nitrogen and oxygen atoms in total. The van der Waals surface area contributed by atoms with Gasteiger partial charge in [0.15, 0.2) is 11.6 Å². The van der Waals surface area contributed by atoms with E-state index < -0.39 is 11.6 Å². The summed E-state index contributed by atoms with van der Waals surface area (Å²) < 4.78 is 39.0. The van der Waals surface area contributed by atoms with Gasteiger partial charge in [-0.25, -0.2) is 8.78 Å². The number of nitrogens with zero attached hydrogens (tertiary/aromatic N) is 2. The van der Waals surface area contributed by atoms with Crippen LogP contribution < -0.4 is 19.7 Å². The first-order valence-corrected chi connectivity index (χ1v) is 11.7. The monoisotopic (exact) mass is 541 g/mol. The normalized spacial score (nSPS) is 13.7. The average Bonchev–Trinajstić information content (AvgIpc) is 2.86. The number of methoxy groups -OCH3 is 1. The lowest BCUT2D eigenvalue weighted by atomic mass is 10.0. The van der Waals surface area contributed by atoms with Gasteiger partial charge < -0.3 is 19.7 Å². The van der Waals surface area contributed by atoms with Crippen LogP contribution in [0.4, 0.5) is 20.2 Å². The first-order chi connectivity index (χ1) is 16.9. The summed E-state index contributed by atoms with van der Waals surface area (Å²) in [6.45, 7) is 1.17. The van der Waals surface area contributed by atoms with Crippen LogP contribution in [0.3, 0.4) is 0 Å². The number of carbonyl (C=O) groups excluding carboxylic acids is 1. The maximum atomic E-state index is 14.0. The Morgan fingerprint density at radius 1 is 1.09 bits per heavy atom. The molecule has 1 N–H and O–H groups in total. The molecule has 9 heteroatoms. The Morgan fingerprint density at radius 2 is 1.86 bits per heavy atom. The van der Waals surface area contributed by atoms with Gasteiger partial charge in [0.25, 0.3) is 5.91 Å². The topological polar surface area (TPSA) is 74.6 Å². The van der Waals surface area contributed by atoms with E-state index in [1.165, 1.54) is 19.2 Å². The molecule has 0 unspecified atom stereocenters. The Labute approximate surface area is 210 Å². The predicted molar refractivity (Wildman–Crippen MR) is 132 cm³/mol. The molecule has 1 aliphatic rings. The summed E-state index contributed by atoms with van der Waals surface area (Å²) in [4.78, 5) is 15.1. The number of amides is 1. The lowest BCUT2D eigenvalue weighted by Gasteiger charge is -2.35. The number of ether oxygens (including phenoxy) is 2. The smallest absolute Gasteiger partial charge is 0.259 e. The molecule has 3 aromatic rings. The van der Waals surface area contributed by atoms with Crippen LogP contribution >= 0.6 is 15.9 Å². The third-order valence-electron chi connectivity index (χ3n) is 5.75. The van der Waals surface area contributed by atoms with Crippen molar-refractivity contribution in [1.82, 2.24) is 0 Å². The van der Waals surface area contributed by atoms with E-state index in [1.807, 2.05) is 0 Å². The summed E-state index contributed by atoms with van der Waals surface area (Å²) >= 11 is 3.37. The number of halogens is 3. The van der Waals surface area contributed by atoms with Crippen LogP contribution in [0.15, 0.2) is 59.1 Å². The molecule has 4 rings (SSSR count). The number of carbonyl (C=O) groups is 1. The molecule has 0 aromatic heterocycles. The highest BCUT2D eigenvalue weighted by atomic mass is 79.9. The Hall–Kier alpha value is -3.64. The fourth-order valence-corrected chi connectivity index (χ4v) is 4.33. The molecule has 1 saturated heterocycles. The number of benzene rings is 3. The van der Waals surface area contributed by atoms with Gasteiger partial charge >= 0.3 is 0 Å². The maximum Gasteiger partial charge on any atom is 0.259 e. The van der Waals surface area contributed by atoms with Gasteiger partial charge in [-0.1, -0.05) is 15.9 Å². The minimum absolute atomic E-state index is 0.0274. The van der Waals surface area contributed by atoms with Crippen molar-refractivity contribution >= 4 is 33.2 Å². The Kier molecular flexibility index (Phi) is 7.51. The van der Waals surface area contributed by atoms with E-state index in [2.05, 4.69) is 32.2 Å². The number of nitriles is 1. The van der Waals surface area contributed by atoms with Crippen molar-refractivity contribution in [1.29, 1.82) is 5.26 Å². The van der Waals surface area contributed by atoms with E-state index in [0.29, 0.717) is 48.5 Å². The lowest BCUT2D eigenvalue weighted by molar-refractivity contribution is 0.102. The van der Waals surface area contributed by atoms with Crippen molar-refractivity contribution in [3.05, 3.63) is 81.8 Å². The summed E-state index contributed by atoms with van der Waals surface area (Å²) in [5.74, 6) is -1.30. The molecule has 0 spiro atoms. The number of piperidine rings is 1. The molecule has 0 bridgehead atoms. The minimum atomic E-state index is -0.729. The van der Waals surface area contributed by atoms with Crippen LogP contribution in [0.5, 0.6) is 11.5 Å². The van der Waals surface area contributed by atoms with E-state index in [-0.39, 0.29) is 17.8 Å². The van der Waals surface area contributed by atoms with Crippen LogP contribution in [0.2, 0.25) is 0 Å². The number of anilines is 2. The largest absolute Gasteiger partial charge is 0.496 e. The molecule has 0 saturated carbocycles. The molecule has 1 fully saturated rings. The molecule has 180 valence electrons.